The summed E-state index contributed by atoms with van der Waals surface area (Å²) in [5.74, 6) is 0.641. The van der Waals surface area contributed by atoms with Crippen molar-refractivity contribution in [1.29, 1.82) is 0 Å². The van der Waals surface area contributed by atoms with Gasteiger partial charge in [-0.25, -0.2) is 9.50 Å². The molecule has 1 amide bonds. The minimum atomic E-state index is -0.407. The summed E-state index contributed by atoms with van der Waals surface area (Å²) in [6, 6.07) is 7.24. The van der Waals surface area contributed by atoms with Crippen LogP contribution in [0.4, 0.5) is 0 Å². The molecule has 0 aromatic carbocycles. The molecule has 166 valence electrons. The molecule has 1 atom stereocenters. The van der Waals surface area contributed by atoms with Gasteiger partial charge in [-0.1, -0.05) is 20.8 Å². The van der Waals surface area contributed by atoms with Crippen LogP contribution in [0.25, 0.3) is 5.52 Å². The molecule has 0 aliphatic carbocycles. The van der Waals surface area contributed by atoms with Crippen molar-refractivity contribution in [3.05, 3.63) is 65.3 Å². The molecule has 0 saturated carbocycles. The third-order valence-corrected chi connectivity index (χ3v) is 6.04. The third kappa shape index (κ3) is 3.16. The average molecular weight is 434 g/mol. The number of methoxy groups -OCH3 is 1. The Morgan fingerprint density at radius 1 is 1.25 bits per heavy atom. The fraction of sp³-hybridized carbons (Fsp3) is 0.391. The molecule has 1 aliphatic heterocycles. The van der Waals surface area contributed by atoms with Crippen LogP contribution in [0.5, 0.6) is 5.75 Å². The van der Waals surface area contributed by atoms with E-state index < -0.39 is 6.04 Å². The summed E-state index contributed by atoms with van der Waals surface area (Å²) in [7, 11) is 3.46. The largest absolute Gasteiger partial charge is 0.494 e. The maximum absolute atomic E-state index is 13.8. The Hall–Kier alpha value is -3.62. The second-order valence-electron chi connectivity index (χ2n) is 9.18. The number of hydrogen-bond acceptors (Lipinski definition) is 5. The van der Waals surface area contributed by atoms with Gasteiger partial charge in [0.2, 0.25) is 0 Å². The van der Waals surface area contributed by atoms with E-state index in [1.807, 2.05) is 42.4 Å². The first-order valence-electron chi connectivity index (χ1n) is 10.7. The number of aryl methyl sites for hydroxylation is 1. The molecule has 0 radical (unpaired) electrons. The van der Waals surface area contributed by atoms with Crippen molar-refractivity contribution in [1.82, 2.24) is 34.3 Å². The number of aromatic nitrogens is 6. The molecule has 1 aliphatic rings. The van der Waals surface area contributed by atoms with Crippen LogP contribution in [0.2, 0.25) is 0 Å². The molecule has 32 heavy (non-hydrogen) atoms. The highest BCUT2D eigenvalue weighted by molar-refractivity contribution is 5.93. The summed E-state index contributed by atoms with van der Waals surface area (Å²) in [6.07, 6.45) is 4.26. The number of hydrogen-bond donors (Lipinski definition) is 1. The van der Waals surface area contributed by atoms with E-state index in [2.05, 4.69) is 35.8 Å². The summed E-state index contributed by atoms with van der Waals surface area (Å²) in [4.78, 5) is 23.4. The third-order valence-electron chi connectivity index (χ3n) is 6.04. The standard InChI is InChI=1S/C23H27N7O2/c1-23(2,3)19-12-17(28(4)27-19)22(31)29-10-8-14-20(25-13-24-14)21(29)15-11-16-18(32-5)7-6-9-30(16)26-15/h6-7,9,11-13,21H,8,10H2,1-5H3,(H,24,25). The number of rotatable bonds is 3. The van der Waals surface area contributed by atoms with Crippen LogP contribution in [-0.2, 0) is 18.9 Å². The van der Waals surface area contributed by atoms with E-state index in [0.29, 0.717) is 18.7 Å². The van der Waals surface area contributed by atoms with Crippen LogP contribution < -0.4 is 4.74 Å². The topological polar surface area (TPSA) is 93.3 Å². The summed E-state index contributed by atoms with van der Waals surface area (Å²) in [5.41, 5.74) is 4.74. The van der Waals surface area contributed by atoms with Gasteiger partial charge in [-0.3, -0.25) is 9.48 Å². The number of H-pyrrole nitrogens is 1. The molecule has 0 bridgehead atoms. The molecule has 9 heteroatoms. The zero-order valence-corrected chi connectivity index (χ0v) is 19.0. The molecule has 5 rings (SSSR count). The van der Waals surface area contributed by atoms with Crippen LogP contribution >= 0.6 is 0 Å². The molecule has 4 aromatic rings. The number of imidazole rings is 1. The molecule has 0 fully saturated rings. The number of ether oxygens (including phenoxy) is 1. The van der Waals surface area contributed by atoms with Gasteiger partial charge in [0.05, 0.1) is 30.5 Å². The zero-order chi connectivity index (χ0) is 22.6. The second-order valence-corrected chi connectivity index (χ2v) is 9.18. The zero-order valence-electron chi connectivity index (χ0n) is 19.0. The average Bonchev–Trinajstić information content (AvgIpc) is 3.49. The van der Waals surface area contributed by atoms with Crippen molar-refractivity contribution in [2.45, 2.75) is 38.6 Å². The minimum absolute atomic E-state index is 0.0850. The highest BCUT2D eigenvalue weighted by Crippen LogP contribution is 2.35. The molecule has 1 N–H and O–H groups in total. The van der Waals surface area contributed by atoms with Gasteiger partial charge in [0.1, 0.15) is 23.0 Å². The van der Waals surface area contributed by atoms with Crippen molar-refractivity contribution in [3.8, 4) is 5.75 Å². The molecule has 1 unspecified atom stereocenters. The van der Waals surface area contributed by atoms with Crippen molar-refractivity contribution in [2.75, 3.05) is 13.7 Å². The van der Waals surface area contributed by atoms with Gasteiger partial charge >= 0.3 is 0 Å². The van der Waals surface area contributed by atoms with Gasteiger partial charge in [-0.2, -0.15) is 10.2 Å². The number of carbonyl (C=O) groups excluding carboxylic acids is 1. The van der Waals surface area contributed by atoms with Crippen LogP contribution in [0, 0.1) is 0 Å². The quantitative estimate of drug-likeness (QED) is 0.536. The smallest absolute Gasteiger partial charge is 0.273 e. The number of carbonyl (C=O) groups is 1. The molecule has 5 heterocycles. The summed E-state index contributed by atoms with van der Waals surface area (Å²) >= 11 is 0. The van der Waals surface area contributed by atoms with Gasteiger partial charge in [0.25, 0.3) is 5.91 Å². The number of fused-ring (bicyclic) bond motifs is 2. The first kappa shape index (κ1) is 20.3. The Bertz CT molecular complexity index is 1310. The molecular formula is C23H27N7O2. The van der Waals surface area contributed by atoms with E-state index in [1.54, 1.807) is 22.6 Å². The highest BCUT2D eigenvalue weighted by Gasteiger charge is 2.37. The fourth-order valence-corrected chi connectivity index (χ4v) is 4.29. The Kier molecular flexibility index (Phi) is 4.58. The van der Waals surface area contributed by atoms with Gasteiger partial charge in [0, 0.05) is 37.3 Å². The van der Waals surface area contributed by atoms with Crippen molar-refractivity contribution in [2.24, 2.45) is 7.05 Å². The van der Waals surface area contributed by atoms with Crippen molar-refractivity contribution in [3.63, 3.8) is 0 Å². The number of aromatic amines is 1. The van der Waals surface area contributed by atoms with Crippen LogP contribution in [0.3, 0.4) is 0 Å². The van der Waals surface area contributed by atoms with E-state index >= 15 is 0 Å². The van der Waals surface area contributed by atoms with Gasteiger partial charge < -0.3 is 14.6 Å². The lowest BCUT2D eigenvalue weighted by Crippen LogP contribution is -2.41. The lowest BCUT2D eigenvalue weighted by atomic mass is 9.92. The fourth-order valence-electron chi connectivity index (χ4n) is 4.29. The first-order valence-corrected chi connectivity index (χ1v) is 10.7. The number of nitrogens with zero attached hydrogens (tertiary/aromatic N) is 6. The van der Waals surface area contributed by atoms with E-state index in [9.17, 15) is 4.79 Å². The normalized spacial score (nSPS) is 16.4. The van der Waals surface area contributed by atoms with Gasteiger partial charge in [-0.15, -0.1) is 0 Å². The second kappa shape index (κ2) is 7.22. The summed E-state index contributed by atoms with van der Waals surface area (Å²) in [5, 5.41) is 9.38. The molecule has 4 aromatic heterocycles. The van der Waals surface area contributed by atoms with Gasteiger partial charge in [-0.05, 0) is 24.3 Å². The molecule has 0 saturated heterocycles. The predicted octanol–water partition coefficient (Wildman–Crippen LogP) is 2.88. The van der Waals surface area contributed by atoms with E-state index in [-0.39, 0.29) is 11.3 Å². The molecular weight excluding hydrogens is 406 g/mol. The van der Waals surface area contributed by atoms with Crippen LogP contribution in [0.15, 0.2) is 36.8 Å². The van der Waals surface area contributed by atoms with Crippen molar-refractivity contribution < 1.29 is 9.53 Å². The predicted molar refractivity (Wildman–Crippen MR) is 119 cm³/mol. The SMILES string of the molecule is COc1cccn2nc(C3c4nc[nH]c4CCN3C(=O)c3cc(C(C)(C)C)nn3C)cc12. The van der Waals surface area contributed by atoms with E-state index in [0.717, 1.165) is 34.0 Å². The van der Waals surface area contributed by atoms with E-state index in [4.69, 9.17) is 9.84 Å². The monoisotopic (exact) mass is 433 g/mol. The highest BCUT2D eigenvalue weighted by atomic mass is 16.5. The first-order chi connectivity index (χ1) is 15.3. The lowest BCUT2D eigenvalue weighted by Gasteiger charge is -2.33. The Labute approximate surface area is 186 Å². The number of amides is 1. The maximum atomic E-state index is 13.8. The van der Waals surface area contributed by atoms with E-state index in [1.165, 1.54) is 0 Å². The Morgan fingerprint density at radius 3 is 2.78 bits per heavy atom. The lowest BCUT2D eigenvalue weighted by molar-refractivity contribution is 0.0675. The number of pyridine rings is 1. The maximum Gasteiger partial charge on any atom is 0.273 e. The number of nitrogens with one attached hydrogen (secondary N) is 1. The Morgan fingerprint density at radius 2 is 2.06 bits per heavy atom. The Balaban J connectivity index is 1.61. The van der Waals surface area contributed by atoms with Gasteiger partial charge in [0.15, 0.2) is 0 Å². The minimum Gasteiger partial charge on any atom is -0.494 e. The molecule has 9 nitrogen and oxygen atoms in total. The van der Waals surface area contributed by atoms with Crippen molar-refractivity contribution >= 4 is 11.4 Å². The summed E-state index contributed by atoms with van der Waals surface area (Å²) in [6.45, 7) is 6.83. The summed E-state index contributed by atoms with van der Waals surface area (Å²) < 4.78 is 8.95. The van der Waals surface area contributed by atoms with Crippen LogP contribution in [0.1, 0.15) is 60.1 Å². The van der Waals surface area contributed by atoms with Crippen LogP contribution in [-0.4, -0.2) is 53.8 Å². The molecule has 0 spiro atoms.